The summed E-state index contributed by atoms with van der Waals surface area (Å²) in [4.78, 5) is 10.6. The van der Waals surface area contributed by atoms with Crippen LogP contribution in [0, 0.1) is 0 Å². The van der Waals surface area contributed by atoms with Crippen molar-refractivity contribution in [3.63, 3.8) is 0 Å². The van der Waals surface area contributed by atoms with Gasteiger partial charge in [0.2, 0.25) is 6.29 Å². The van der Waals surface area contributed by atoms with Crippen LogP contribution in [0.25, 0.3) is 0 Å². The topological polar surface area (TPSA) is 35.5 Å². The molecule has 0 aliphatic carbocycles. The van der Waals surface area contributed by atoms with Gasteiger partial charge in [0.15, 0.2) is 6.29 Å². The molecule has 15 heavy (non-hydrogen) atoms. The summed E-state index contributed by atoms with van der Waals surface area (Å²) in [6.45, 7) is 4.06. The Kier molecular flexibility index (Phi) is 2.66. The molecule has 1 aromatic carbocycles. The summed E-state index contributed by atoms with van der Waals surface area (Å²) in [5.41, 5.74) is 0.261. The van der Waals surface area contributed by atoms with E-state index in [-0.39, 0.29) is 0 Å². The minimum atomic E-state index is -0.789. The monoisotopic (exact) mass is 204 g/mol. The Morgan fingerprint density at radius 2 is 2.13 bits per heavy atom. The number of ether oxygens (including phenoxy) is 2. The zero-order valence-electron chi connectivity index (χ0n) is 8.26. The Morgan fingerprint density at radius 1 is 1.40 bits per heavy atom. The van der Waals surface area contributed by atoms with Crippen LogP contribution >= 0.6 is 0 Å². The first-order valence-electron chi connectivity index (χ1n) is 4.74. The standard InChI is InChI=1S/C12H12O3/c1-2-12(9-14-11(8-13)15-12)10-6-4-3-5-7-10/h2-8,11H,1,9H2. The molecule has 2 atom stereocenters. The smallest absolute Gasteiger partial charge is 0.216 e. The highest BCUT2D eigenvalue weighted by molar-refractivity contribution is 5.54. The lowest BCUT2D eigenvalue weighted by molar-refractivity contribution is -0.136. The zero-order valence-corrected chi connectivity index (χ0v) is 8.26. The average Bonchev–Trinajstić information content (AvgIpc) is 2.75. The van der Waals surface area contributed by atoms with E-state index in [0.29, 0.717) is 12.9 Å². The van der Waals surface area contributed by atoms with Gasteiger partial charge in [-0.1, -0.05) is 43.0 Å². The van der Waals surface area contributed by atoms with Crippen molar-refractivity contribution < 1.29 is 14.3 Å². The largest absolute Gasteiger partial charge is 0.342 e. The molecule has 1 aliphatic heterocycles. The van der Waals surface area contributed by atoms with Crippen molar-refractivity contribution in [3.8, 4) is 0 Å². The minimum absolute atomic E-state index is 0.323. The first-order chi connectivity index (χ1) is 7.30. The molecular formula is C12H12O3. The summed E-state index contributed by atoms with van der Waals surface area (Å²) in [6.07, 6.45) is 1.53. The maximum Gasteiger partial charge on any atom is 0.216 e. The summed E-state index contributed by atoms with van der Waals surface area (Å²) in [7, 11) is 0. The lowest BCUT2D eigenvalue weighted by atomic mass is 9.95. The van der Waals surface area contributed by atoms with Crippen molar-refractivity contribution in [1.82, 2.24) is 0 Å². The first-order valence-corrected chi connectivity index (χ1v) is 4.74. The summed E-state index contributed by atoms with van der Waals surface area (Å²) >= 11 is 0. The molecule has 1 saturated heterocycles. The SMILES string of the molecule is C=CC1(c2ccccc2)COC(C=O)O1. The second-order valence-corrected chi connectivity index (χ2v) is 3.39. The molecule has 2 unspecified atom stereocenters. The molecule has 78 valence electrons. The lowest BCUT2D eigenvalue weighted by Crippen LogP contribution is -2.26. The van der Waals surface area contributed by atoms with E-state index in [2.05, 4.69) is 6.58 Å². The first kappa shape index (κ1) is 10.1. The van der Waals surface area contributed by atoms with E-state index in [1.807, 2.05) is 30.3 Å². The van der Waals surface area contributed by atoms with Crippen molar-refractivity contribution >= 4 is 6.29 Å². The van der Waals surface area contributed by atoms with E-state index in [4.69, 9.17) is 9.47 Å². The van der Waals surface area contributed by atoms with E-state index in [9.17, 15) is 4.79 Å². The molecule has 0 saturated carbocycles. The molecular weight excluding hydrogens is 192 g/mol. The highest BCUT2D eigenvalue weighted by Gasteiger charge is 2.40. The number of carbonyl (C=O) groups is 1. The van der Waals surface area contributed by atoms with Crippen molar-refractivity contribution in [3.05, 3.63) is 48.6 Å². The number of aldehydes is 1. The van der Waals surface area contributed by atoms with Crippen LogP contribution in [-0.4, -0.2) is 19.2 Å². The quantitative estimate of drug-likeness (QED) is 0.554. The fraction of sp³-hybridized carbons (Fsp3) is 0.250. The molecule has 0 N–H and O–H groups in total. The fourth-order valence-corrected chi connectivity index (χ4v) is 1.64. The molecule has 2 rings (SSSR count). The fourth-order valence-electron chi connectivity index (χ4n) is 1.64. The second kappa shape index (κ2) is 3.96. The van der Waals surface area contributed by atoms with Gasteiger partial charge in [-0.3, -0.25) is 4.79 Å². The van der Waals surface area contributed by atoms with Gasteiger partial charge in [0, 0.05) is 0 Å². The van der Waals surface area contributed by atoms with Crippen LogP contribution < -0.4 is 0 Å². The van der Waals surface area contributed by atoms with Gasteiger partial charge in [-0.2, -0.15) is 0 Å². The summed E-state index contributed by atoms with van der Waals surface area (Å²) in [6, 6.07) is 9.61. The third-order valence-corrected chi connectivity index (χ3v) is 2.49. The Labute approximate surface area is 88.3 Å². The predicted molar refractivity (Wildman–Crippen MR) is 55.2 cm³/mol. The van der Waals surface area contributed by atoms with E-state index < -0.39 is 11.9 Å². The average molecular weight is 204 g/mol. The molecule has 0 radical (unpaired) electrons. The van der Waals surface area contributed by atoms with Crippen LogP contribution in [-0.2, 0) is 19.9 Å². The van der Waals surface area contributed by atoms with Gasteiger partial charge < -0.3 is 9.47 Å². The molecule has 1 heterocycles. The molecule has 1 fully saturated rings. The number of carbonyl (C=O) groups excluding carboxylic acids is 1. The molecule has 0 bridgehead atoms. The van der Waals surface area contributed by atoms with E-state index in [1.54, 1.807) is 6.08 Å². The highest BCUT2D eigenvalue weighted by Crippen LogP contribution is 2.33. The second-order valence-electron chi connectivity index (χ2n) is 3.39. The van der Waals surface area contributed by atoms with Crippen LogP contribution in [0.2, 0.25) is 0 Å². The minimum Gasteiger partial charge on any atom is -0.342 e. The van der Waals surface area contributed by atoms with Gasteiger partial charge in [-0.05, 0) is 5.56 Å². The Hall–Kier alpha value is -1.45. The number of hydrogen-bond acceptors (Lipinski definition) is 3. The van der Waals surface area contributed by atoms with Crippen LogP contribution in [0.4, 0.5) is 0 Å². The number of hydrogen-bond donors (Lipinski definition) is 0. The Bertz CT molecular complexity index is 360. The Balaban J connectivity index is 2.32. The van der Waals surface area contributed by atoms with Crippen LogP contribution in [0.3, 0.4) is 0 Å². The lowest BCUT2D eigenvalue weighted by Gasteiger charge is -2.22. The van der Waals surface area contributed by atoms with Gasteiger partial charge in [0.05, 0.1) is 6.61 Å². The normalized spacial score (nSPS) is 30.0. The molecule has 3 heteroatoms. The highest BCUT2D eigenvalue weighted by atomic mass is 16.7. The predicted octanol–water partition coefficient (Wildman–Crippen LogP) is 1.64. The zero-order chi connectivity index (χ0) is 10.7. The molecule has 0 aromatic heterocycles. The van der Waals surface area contributed by atoms with Gasteiger partial charge in [-0.25, -0.2) is 0 Å². The van der Waals surface area contributed by atoms with Gasteiger partial charge in [0.1, 0.15) is 5.60 Å². The van der Waals surface area contributed by atoms with E-state index in [0.717, 1.165) is 5.56 Å². The van der Waals surface area contributed by atoms with Crippen molar-refractivity contribution in [1.29, 1.82) is 0 Å². The summed E-state index contributed by atoms with van der Waals surface area (Å²) < 4.78 is 10.7. The molecule has 3 nitrogen and oxygen atoms in total. The maximum absolute atomic E-state index is 10.6. The van der Waals surface area contributed by atoms with E-state index in [1.165, 1.54) is 0 Å². The van der Waals surface area contributed by atoms with Crippen LogP contribution in [0.1, 0.15) is 5.56 Å². The summed E-state index contributed by atoms with van der Waals surface area (Å²) in [5.74, 6) is 0. The summed E-state index contributed by atoms with van der Waals surface area (Å²) in [5, 5.41) is 0. The third kappa shape index (κ3) is 1.71. The van der Waals surface area contributed by atoms with Crippen LogP contribution in [0.5, 0.6) is 0 Å². The van der Waals surface area contributed by atoms with Gasteiger partial charge in [-0.15, -0.1) is 0 Å². The van der Waals surface area contributed by atoms with Gasteiger partial charge >= 0.3 is 0 Å². The molecule has 1 aliphatic rings. The van der Waals surface area contributed by atoms with Crippen molar-refractivity contribution in [2.45, 2.75) is 11.9 Å². The van der Waals surface area contributed by atoms with Crippen LogP contribution in [0.15, 0.2) is 43.0 Å². The van der Waals surface area contributed by atoms with Crippen molar-refractivity contribution in [2.24, 2.45) is 0 Å². The van der Waals surface area contributed by atoms with E-state index >= 15 is 0 Å². The molecule has 0 spiro atoms. The molecule has 1 aromatic rings. The van der Waals surface area contributed by atoms with Crippen molar-refractivity contribution in [2.75, 3.05) is 6.61 Å². The maximum atomic E-state index is 10.6. The van der Waals surface area contributed by atoms with Gasteiger partial charge in [0.25, 0.3) is 0 Å². The third-order valence-electron chi connectivity index (χ3n) is 2.49. The molecule has 0 amide bonds. The number of benzene rings is 1. The number of rotatable bonds is 3. The Morgan fingerprint density at radius 3 is 2.67 bits per heavy atom.